The molecule has 0 radical (unpaired) electrons. The number of alkyl halides is 3. The molecule has 0 aliphatic carbocycles. The number of rotatable bonds is 9. The van der Waals surface area contributed by atoms with Gasteiger partial charge in [-0.3, -0.25) is 4.79 Å². The molecule has 3 rings (SSSR count). The van der Waals surface area contributed by atoms with E-state index in [-0.39, 0.29) is 17.5 Å². The quantitative estimate of drug-likeness (QED) is 0.397. The zero-order valence-corrected chi connectivity index (χ0v) is 19.3. The molecular formula is C23H25F3N4O2S. The molecule has 1 atom stereocenters. The lowest BCUT2D eigenvalue weighted by atomic mass is 10.2. The first-order chi connectivity index (χ1) is 15.7. The fraction of sp³-hybridized carbons (Fsp3) is 0.348. The van der Waals surface area contributed by atoms with E-state index in [1.54, 1.807) is 0 Å². The second kappa shape index (κ2) is 10.7. The molecule has 176 valence electrons. The minimum atomic E-state index is -4.47. The fourth-order valence-electron chi connectivity index (χ4n) is 3.17. The molecular weight excluding hydrogens is 453 g/mol. The van der Waals surface area contributed by atoms with Gasteiger partial charge >= 0.3 is 6.18 Å². The topological polar surface area (TPSA) is 69.0 Å². The Labute approximate surface area is 194 Å². The van der Waals surface area contributed by atoms with Crippen molar-refractivity contribution in [3.05, 3.63) is 65.5 Å². The summed E-state index contributed by atoms with van der Waals surface area (Å²) in [6, 6.07) is 12.4. The predicted molar refractivity (Wildman–Crippen MR) is 121 cm³/mol. The Morgan fingerprint density at radius 1 is 1.15 bits per heavy atom. The molecule has 0 aliphatic rings. The lowest BCUT2D eigenvalue weighted by molar-refractivity contribution is -0.137. The maximum absolute atomic E-state index is 12.9. The van der Waals surface area contributed by atoms with Crippen LogP contribution in [0, 0.1) is 0 Å². The van der Waals surface area contributed by atoms with Crippen LogP contribution in [0.4, 0.5) is 18.9 Å². The minimum Gasteiger partial charge on any atom is -0.483 e. The number of anilines is 1. The van der Waals surface area contributed by atoms with Crippen LogP contribution in [0.1, 0.15) is 43.8 Å². The van der Waals surface area contributed by atoms with Gasteiger partial charge in [0, 0.05) is 12.2 Å². The van der Waals surface area contributed by atoms with Crippen LogP contribution in [-0.2, 0) is 23.9 Å². The Kier molecular flexibility index (Phi) is 8.01. The number of amides is 1. The predicted octanol–water partition coefficient (Wildman–Crippen LogP) is 5.75. The number of hydrogen-bond acceptors (Lipinski definition) is 5. The van der Waals surface area contributed by atoms with E-state index in [0.717, 1.165) is 36.1 Å². The molecule has 0 bridgehead atoms. The molecule has 0 fully saturated rings. The van der Waals surface area contributed by atoms with Gasteiger partial charge in [-0.05, 0) is 56.2 Å². The summed E-state index contributed by atoms with van der Waals surface area (Å²) in [5, 5.41) is 11.4. The summed E-state index contributed by atoms with van der Waals surface area (Å²) in [7, 11) is 0. The summed E-state index contributed by atoms with van der Waals surface area (Å²) in [6.07, 6.45) is -3.89. The highest BCUT2D eigenvalue weighted by atomic mass is 32.2. The van der Waals surface area contributed by atoms with E-state index in [0.29, 0.717) is 17.5 Å². The van der Waals surface area contributed by atoms with Crippen LogP contribution in [0.2, 0.25) is 0 Å². The molecule has 33 heavy (non-hydrogen) atoms. The third-order valence-electron chi connectivity index (χ3n) is 4.88. The third kappa shape index (κ3) is 6.50. The van der Waals surface area contributed by atoms with E-state index in [4.69, 9.17) is 4.74 Å². The summed E-state index contributed by atoms with van der Waals surface area (Å²) in [4.78, 5) is 12.3. The van der Waals surface area contributed by atoms with E-state index in [9.17, 15) is 18.0 Å². The summed E-state index contributed by atoms with van der Waals surface area (Å²) < 4.78 is 46.4. The monoisotopic (exact) mass is 478 g/mol. The molecule has 6 nitrogen and oxygen atoms in total. The van der Waals surface area contributed by atoms with E-state index >= 15 is 0 Å². The molecule has 2 aromatic carbocycles. The first kappa shape index (κ1) is 24.6. The van der Waals surface area contributed by atoms with Crippen molar-refractivity contribution in [2.75, 3.05) is 11.1 Å². The third-order valence-corrected chi connectivity index (χ3v) is 5.84. The molecule has 1 unspecified atom stereocenters. The standard InChI is InChI=1S/C23H25F3N4O2S/c1-4-16-9-11-19(12-10-16)32-15(3)21-28-29-22(30(21)5-2)33-14-20(31)27-18-8-6-7-17(13-18)23(24,25)26/h6-13,15H,4-5,14H2,1-3H3,(H,27,31). The Morgan fingerprint density at radius 2 is 1.88 bits per heavy atom. The van der Waals surface area contributed by atoms with Crippen LogP contribution >= 0.6 is 11.8 Å². The lowest BCUT2D eigenvalue weighted by Crippen LogP contribution is -2.16. The van der Waals surface area contributed by atoms with Gasteiger partial charge in [-0.25, -0.2) is 0 Å². The van der Waals surface area contributed by atoms with Crippen molar-refractivity contribution in [2.24, 2.45) is 0 Å². The molecule has 1 amide bonds. The zero-order valence-electron chi connectivity index (χ0n) is 18.5. The highest BCUT2D eigenvalue weighted by molar-refractivity contribution is 7.99. The number of carbonyl (C=O) groups excluding carboxylic acids is 1. The molecule has 1 heterocycles. The first-order valence-electron chi connectivity index (χ1n) is 10.5. The molecule has 1 aromatic heterocycles. The van der Waals surface area contributed by atoms with Gasteiger partial charge < -0.3 is 14.6 Å². The van der Waals surface area contributed by atoms with Crippen LogP contribution < -0.4 is 10.1 Å². The van der Waals surface area contributed by atoms with Crippen molar-refractivity contribution >= 4 is 23.4 Å². The van der Waals surface area contributed by atoms with Crippen molar-refractivity contribution in [1.82, 2.24) is 14.8 Å². The van der Waals surface area contributed by atoms with Crippen LogP contribution in [0.25, 0.3) is 0 Å². The summed E-state index contributed by atoms with van der Waals surface area (Å²) in [6.45, 7) is 6.46. The van der Waals surface area contributed by atoms with Crippen molar-refractivity contribution < 1.29 is 22.7 Å². The van der Waals surface area contributed by atoms with Crippen LogP contribution in [0.5, 0.6) is 5.75 Å². The molecule has 0 aliphatic heterocycles. The largest absolute Gasteiger partial charge is 0.483 e. The van der Waals surface area contributed by atoms with Gasteiger partial charge in [-0.2, -0.15) is 13.2 Å². The van der Waals surface area contributed by atoms with Crippen molar-refractivity contribution in [3.63, 3.8) is 0 Å². The molecule has 0 saturated carbocycles. The zero-order chi connectivity index (χ0) is 24.0. The van der Waals surface area contributed by atoms with Gasteiger partial charge in [0.1, 0.15) is 5.75 Å². The fourth-order valence-corrected chi connectivity index (χ4v) is 3.98. The van der Waals surface area contributed by atoms with Crippen LogP contribution in [-0.4, -0.2) is 26.4 Å². The average molecular weight is 479 g/mol. The van der Waals surface area contributed by atoms with E-state index in [2.05, 4.69) is 22.4 Å². The van der Waals surface area contributed by atoms with Gasteiger partial charge in [-0.1, -0.05) is 36.9 Å². The van der Waals surface area contributed by atoms with E-state index in [1.165, 1.54) is 17.7 Å². The van der Waals surface area contributed by atoms with Gasteiger partial charge in [0.2, 0.25) is 5.91 Å². The summed E-state index contributed by atoms with van der Waals surface area (Å²) >= 11 is 1.16. The highest BCUT2D eigenvalue weighted by Gasteiger charge is 2.30. The maximum atomic E-state index is 12.9. The van der Waals surface area contributed by atoms with Gasteiger partial charge in [0.25, 0.3) is 0 Å². The number of nitrogens with zero attached hydrogens (tertiary/aromatic N) is 3. The molecule has 0 saturated heterocycles. The van der Waals surface area contributed by atoms with Crippen molar-refractivity contribution in [3.8, 4) is 5.75 Å². The van der Waals surface area contributed by atoms with Gasteiger partial charge in [0.05, 0.1) is 11.3 Å². The molecule has 3 aromatic rings. The molecule has 0 spiro atoms. The normalized spacial score (nSPS) is 12.4. The molecule has 1 N–H and O–H groups in total. The number of carbonyl (C=O) groups is 1. The van der Waals surface area contributed by atoms with E-state index in [1.807, 2.05) is 42.7 Å². The smallest absolute Gasteiger partial charge is 0.416 e. The summed E-state index contributed by atoms with van der Waals surface area (Å²) in [5.74, 6) is 0.881. The van der Waals surface area contributed by atoms with E-state index < -0.39 is 17.6 Å². The number of benzene rings is 2. The maximum Gasteiger partial charge on any atom is 0.416 e. The first-order valence-corrected chi connectivity index (χ1v) is 11.5. The Balaban J connectivity index is 1.62. The minimum absolute atomic E-state index is 0.0257. The number of aryl methyl sites for hydroxylation is 1. The second-order valence-electron chi connectivity index (χ2n) is 7.26. The lowest BCUT2D eigenvalue weighted by Gasteiger charge is -2.16. The van der Waals surface area contributed by atoms with Crippen LogP contribution in [0.3, 0.4) is 0 Å². The Morgan fingerprint density at radius 3 is 2.52 bits per heavy atom. The number of ether oxygens (including phenoxy) is 1. The number of hydrogen-bond donors (Lipinski definition) is 1. The Bertz CT molecular complexity index is 1080. The average Bonchev–Trinajstić information content (AvgIpc) is 3.21. The second-order valence-corrected chi connectivity index (χ2v) is 8.20. The van der Waals surface area contributed by atoms with Gasteiger partial charge in [0.15, 0.2) is 17.1 Å². The van der Waals surface area contributed by atoms with Crippen molar-refractivity contribution in [1.29, 1.82) is 0 Å². The number of nitrogens with one attached hydrogen (secondary N) is 1. The molecule has 10 heteroatoms. The number of halogens is 3. The summed E-state index contributed by atoms with van der Waals surface area (Å²) in [5.41, 5.74) is 0.486. The SMILES string of the molecule is CCc1ccc(OC(C)c2nnc(SCC(=O)Nc3cccc(C(F)(F)F)c3)n2CC)cc1. The Hall–Kier alpha value is -3.01. The van der Waals surface area contributed by atoms with Crippen LogP contribution in [0.15, 0.2) is 53.7 Å². The van der Waals surface area contributed by atoms with Gasteiger partial charge in [-0.15, -0.1) is 10.2 Å². The number of thioether (sulfide) groups is 1. The highest BCUT2D eigenvalue weighted by Crippen LogP contribution is 2.31. The number of aromatic nitrogens is 3. The van der Waals surface area contributed by atoms with Crippen molar-refractivity contribution in [2.45, 2.75) is 51.2 Å².